The summed E-state index contributed by atoms with van der Waals surface area (Å²) in [5, 5.41) is 14.1. The van der Waals surface area contributed by atoms with Crippen LogP contribution in [-0.4, -0.2) is 41.6 Å². The van der Waals surface area contributed by atoms with Crippen LogP contribution in [0.1, 0.15) is 33.1 Å². The molecule has 0 saturated heterocycles. The third-order valence-corrected chi connectivity index (χ3v) is 2.42. The Morgan fingerprint density at radius 3 is 2.75 bits per heavy atom. The molecule has 0 bridgehead atoms. The number of urea groups is 1. The van der Waals surface area contributed by atoms with Crippen LogP contribution in [-0.2, 0) is 0 Å². The van der Waals surface area contributed by atoms with Gasteiger partial charge in [0.2, 0.25) is 0 Å². The molecule has 4 N–H and O–H groups in total. The van der Waals surface area contributed by atoms with E-state index in [-0.39, 0.29) is 17.9 Å². The van der Waals surface area contributed by atoms with Crippen LogP contribution in [0.3, 0.4) is 0 Å². The highest BCUT2D eigenvalue weighted by atomic mass is 16.4. The topological polar surface area (TPSA) is 91.0 Å². The molecular formula is C10H22N4O2. The van der Waals surface area contributed by atoms with Gasteiger partial charge < -0.3 is 21.2 Å². The van der Waals surface area contributed by atoms with E-state index in [0.717, 1.165) is 12.8 Å². The lowest BCUT2D eigenvalue weighted by molar-refractivity contribution is 0.194. The van der Waals surface area contributed by atoms with Crippen LogP contribution in [0.2, 0.25) is 0 Å². The van der Waals surface area contributed by atoms with Gasteiger partial charge >= 0.3 is 6.03 Å². The van der Waals surface area contributed by atoms with Crippen molar-refractivity contribution in [2.24, 2.45) is 10.9 Å². The molecule has 16 heavy (non-hydrogen) atoms. The smallest absolute Gasteiger partial charge is 0.317 e. The normalized spacial score (nSPS) is 13.3. The summed E-state index contributed by atoms with van der Waals surface area (Å²) in [6.45, 7) is 4.59. The number of amides is 2. The predicted octanol–water partition coefficient (Wildman–Crippen LogP) is 0.953. The molecule has 0 aliphatic rings. The summed E-state index contributed by atoms with van der Waals surface area (Å²) in [6, 6.07) is -0.232. The van der Waals surface area contributed by atoms with Crippen molar-refractivity contribution in [1.82, 2.24) is 10.2 Å². The van der Waals surface area contributed by atoms with E-state index in [1.165, 1.54) is 0 Å². The molecule has 1 unspecified atom stereocenters. The minimum atomic E-state index is -0.133. The monoisotopic (exact) mass is 230 g/mol. The first-order valence-corrected chi connectivity index (χ1v) is 5.50. The zero-order valence-electron chi connectivity index (χ0n) is 10.2. The molecule has 0 heterocycles. The molecule has 2 amide bonds. The van der Waals surface area contributed by atoms with Crippen molar-refractivity contribution in [1.29, 1.82) is 0 Å². The van der Waals surface area contributed by atoms with Crippen LogP contribution in [0.25, 0.3) is 0 Å². The second kappa shape index (κ2) is 7.78. The number of carbonyl (C=O) groups is 1. The molecule has 1 atom stereocenters. The molecule has 0 aromatic heterocycles. The standard InChI is InChI=1S/C10H22N4O2/c1-4-5-6-12-10(15)14(3)8(2)7-9(11)13-16/h8,16H,4-7H2,1-3H3,(H2,11,13)(H,12,15). The van der Waals surface area contributed by atoms with Gasteiger partial charge in [0.1, 0.15) is 5.84 Å². The average molecular weight is 230 g/mol. The first-order chi connectivity index (χ1) is 7.52. The maximum atomic E-state index is 11.6. The second-order valence-corrected chi connectivity index (χ2v) is 3.84. The molecule has 0 radical (unpaired) electrons. The number of nitrogens with zero attached hydrogens (tertiary/aromatic N) is 2. The Morgan fingerprint density at radius 1 is 1.62 bits per heavy atom. The average Bonchev–Trinajstić information content (AvgIpc) is 2.27. The van der Waals surface area contributed by atoms with Crippen molar-refractivity contribution in [3.63, 3.8) is 0 Å². The van der Waals surface area contributed by atoms with E-state index in [9.17, 15) is 4.79 Å². The minimum absolute atomic E-state index is 0.0995. The van der Waals surface area contributed by atoms with Crippen molar-refractivity contribution in [2.75, 3.05) is 13.6 Å². The van der Waals surface area contributed by atoms with Crippen molar-refractivity contribution in [2.45, 2.75) is 39.2 Å². The fourth-order valence-electron chi connectivity index (χ4n) is 1.18. The Morgan fingerprint density at radius 2 is 2.25 bits per heavy atom. The first kappa shape index (κ1) is 14.5. The van der Waals surface area contributed by atoms with Crippen LogP contribution in [0.5, 0.6) is 0 Å². The van der Waals surface area contributed by atoms with Crippen LogP contribution < -0.4 is 11.1 Å². The third-order valence-electron chi connectivity index (χ3n) is 2.42. The molecule has 0 fully saturated rings. The molecule has 0 aromatic rings. The van der Waals surface area contributed by atoms with E-state index in [1.54, 1.807) is 11.9 Å². The molecule has 0 rings (SSSR count). The van der Waals surface area contributed by atoms with Gasteiger partial charge in [0.05, 0.1) is 0 Å². The summed E-state index contributed by atoms with van der Waals surface area (Å²) in [5.74, 6) is 0.126. The third kappa shape index (κ3) is 5.43. The van der Waals surface area contributed by atoms with Gasteiger partial charge in [0.15, 0.2) is 0 Å². The number of oxime groups is 1. The number of rotatable bonds is 6. The van der Waals surface area contributed by atoms with E-state index in [2.05, 4.69) is 17.4 Å². The molecule has 0 spiro atoms. The van der Waals surface area contributed by atoms with E-state index in [1.807, 2.05) is 6.92 Å². The van der Waals surface area contributed by atoms with Gasteiger partial charge in [-0.05, 0) is 13.3 Å². The van der Waals surface area contributed by atoms with Crippen molar-refractivity contribution < 1.29 is 10.0 Å². The summed E-state index contributed by atoms with van der Waals surface area (Å²) in [5.41, 5.74) is 5.38. The Labute approximate surface area is 96.5 Å². The highest BCUT2D eigenvalue weighted by Gasteiger charge is 2.16. The van der Waals surface area contributed by atoms with E-state index in [0.29, 0.717) is 13.0 Å². The van der Waals surface area contributed by atoms with Gasteiger partial charge in [-0.25, -0.2) is 4.79 Å². The zero-order chi connectivity index (χ0) is 12.6. The van der Waals surface area contributed by atoms with E-state index in [4.69, 9.17) is 10.9 Å². The fourth-order valence-corrected chi connectivity index (χ4v) is 1.18. The minimum Gasteiger partial charge on any atom is -0.409 e. The van der Waals surface area contributed by atoms with Gasteiger partial charge in [-0.3, -0.25) is 0 Å². The summed E-state index contributed by atoms with van der Waals surface area (Å²) in [6.07, 6.45) is 2.37. The first-order valence-electron chi connectivity index (χ1n) is 5.50. The van der Waals surface area contributed by atoms with Crippen molar-refractivity contribution in [3.05, 3.63) is 0 Å². The summed E-state index contributed by atoms with van der Waals surface area (Å²) in [4.78, 5) is 13.2. The summed E-state index contributed by atoms with van der Waals surface area (Å²) < 4.78 is 0. The number of hydrogen-bond donors (Lipinski definition) is 3. The van der Waals surface area contributed by atoms with Crippen LogP contribution >= 0.6 is 0 Å². The van der Waals surface area contributed by atoms with E-state index < -0.39 is 0 Å². The lowest BCUT2D eigenvalue weighted by atomic mass is 10.2. The molecule has 0 aliphatic heterocycles. The summed E-state index contributed by atoms with van der Waals surface area (Å²) in [7, 11) is 1.69. The molecular weight excluding hydrogens is 208 g/mol. The highest BCUT2D eigenvalue weighted by molar-refractivity contribution is 5.81. The number of nitrogens with two attached hydrogens (primary N) is 1. The van der Waals surface area contributed by atoms with Crippen LogP contribution in [0, 0.1) is 0 Å². The number of unbranched alkanes of at least 4 members (excludes halogenated alkanes) is 1. The molecule has 6 heteroatoms. The Balaban J connectivity index is 4.01. The summed E-state index contributed by atoms with van der Waals surface area (Å²) >= 11 is 0. The molecule has 0 saturated carbocycles. The second-order valence-electron chi connectivity index (χ2n) is 3.84. The van der Waals surface area contributed by atoms with Crippen LogP contribution in [0.15, 0.2) is 5.16 Å². The molecule has 6 nitrogen and oxygen atoms in total. The number of hydrogen-bond acceptors (Lipinski definition) is 3. The zero-order valence-corrected chi connectivity index (χ0v) is 10.2. The largest absolute Gasteiger partial charge is 0.409 e. The van der Waals surface area contributed by atoms with Crippen molar-refractivity contribution in [3.8, 4) is 0 Å². The maximum absolute atomic E-state index is 11.6. The predicted molar refractivity (Wildman–Crippen MR) is 63.6 cm³/mol. The lowest BCUT2D eigenvalue weighted by Crippen LogP contribution is -2.44. The van der Waals surface area contributed by atoms with Gasteiger partial charge in [-0.15, -0.1) is 0 Å². The number of carbonyl (C=O) groups excluding carboxylic acids is 1. The van der Waals surface area contributed by atoms with E-state index >= 15 is 0 Å². The Kier molecular flexibility index (Phi) is 7.07. The van der Waals surface area contributed by atoms with Gasteiger partial charge in [0.25, 0.3) is 0 Å². The highest BCUT2D eigenvalue weighted by Crippen LogP contribution is 2.01. The lowest BCUT2D eigenvalue weighted by Gasteiger charge is -2.24. The van der Waals surface area contributed by atoms with Crippen molar-refractivity contribution >= 4 is 11.9 Å². The van der Waals surface area contributed by atoms with Gasteiger partial charge in [0, 0.05) is 26.1 Å². The van der Waals surface area contributed by atoms with Gasteiger partial charge in [-0.2, -0.15) is 0 Å². The van der Waals surface area contributed by atoms with Gasteiger partial charge in [-0.1, -0.05) is 18.5 Å². The number of nitrogens with one attached hydrogen (secondary N) is 1. The maximum Gasteiger partial charge on any atom is 0.317 e. The Hall–Kier alpha value is -1.46. The molecule has 0 aromatic carbocycles. The molecule has 0 aliphatic carbocycles. The SMILES string of the molecule is CCCCNC(=O)N(C)C(C)CC(N)=NO. The quantitative estimate of drug-likeness (QED) is 0.209. The van der Waals surface area contributed by atoms with Crippen LogP contribution in [0.4, 0.5) is 4.79 Å². The molecule has 94 valence electrons. The fraction of sp³-hybridized carbons (Fsp3) is 0.800. The number of amidine groups is 1. The Bertz CT molecular complexity index is 243.